The van der Waals surface area contributed by atoms with Crippen molar-refractivity contribution in [3.8, 4) is 0 Å². The minimum atomic E-state index is -4.59. The van der Waals surface area contributed by atoms with Crippen molar-refractivity contribution < 1.29 is 23.1 Å². The maximum Gasteiger partial charge on any atom is 0.418 e. The fraction of sp³-hybridized carbons (Fsp3) is 0.417. The van der Waals surface area contributed by atoms with Gasteiger partial charge in [-0.25, -0.2) is 0 Å². The van der Waals surface area contributed by atoms with Crippen LogP contribution in [-0.2, 0) is 11.0 Å². The van der Waals surface area contributed by atoms with Gasteiger partial charge in [0.15, 0.2) is 0 Å². The minimum absolute atomic E-state index is 0.0403. The molecule has 0 aliphatic carbocycles. The molecule has 3 nitrogen and oxygen atoms in total. The van der Waals surface area contributed by atoms with Gasteiger partial charge < -0.3 is 10.0 Å². The predicted octanol–water partition coefficient (Wildman–Crippen LogP) is 2.70. The monoisotopic (exact) mass is 293 g/mol. The zero-order valence-corrected chi connectivity index (χ0v) is 10.5. The van der Waals surface area contributed by atoms with Gasteiger partial charge in [0.1, 0.15) is 0 Å². The van der Waals surface area contributed by atoms with Gasteiger partial charge in [-0.2, -0.15) is 13.2 Å². The summed E-state index contributed by atoms with van der Waals surface area (Å²) in [5.74, 6) is -0.754. The van der Waals surface area contributed by atoms with Crippen molar-refractivity contribution in [1.29, 1.82) is 0 Å². The van der Waals surface area contributed by atoms with Crippen LogP contribution in [0.2, 0.25) is 5.02 Å². The minimum Gasteiger partial charge on any atom is -0.396 e. The number of anilines is 1. The summed E-state index contributed by atoms with van der Waals surface area (Å²) < 4.78 is 38.8. The third kappa shape index (κ3) is 2.84. The molecule has 0 spiro atoms. The highest BCUT2D eigenvalue weighted by Crippen LogP contribution is 2.39. The quantitative estimate of drug-likeness (QED) is 0.911. The Morgan fingerprint density at radius 3 is 2.63 bits per heavy atom. The Balaban J connectivity index is 2.43. The molecular weight excluding hydrogens is 283 g/mol. The average Bonchev–Trinajstić information content (AvgIpc) is 2.69. The van der Waals surface area contributed by atoms with E-state index in [9.17, 15) is 18.0 Å². The predicted molar refractivity (Wildman–Crippen MR) is 64.0 cm³/mol. The summed E-state index contributed by atoms with van der Waals surface area (Å²) in [6, 6.07) is 3.30. The van der Waals surface area contributed by atoms with Crippen LogP contribution >= 0.6 is 11.6 Å². The lowest BCUT2D eigenvalue weighted by molar-refractivity contribution is -0.137. The van der Waals surface area contributed by atoms with E-state index in [0.717, 1.165) is 11.0 Å². The molecule has 0 bridgehead atoms. The first kappa shape index (κ1) is 14.1. The largest absolute Gasteiger partial charge is 0.418 e. The topological polar surface area (TPSA) is 40.5 Å². The van der Waals surface area contributed by atoms with E-state index >= 15 is 0 Å². The second-order valence-electron chi connectivity index (χ2n) is 4.42. The molecule has 1 fully saturated rings. The normalized spacial score (nSPS) is 20.2. The smallest absolute Gasteiger partial charge is 0.396 e. The Morgan fingerprint density at radius 1 is 1.42 bits per heavy atom. The van der Waals surface area contributed by atoms with E-state index in [-0.39, 0.29) is 36.2 Å². The number of carbonyl (C=O) groups is 1. The number of nitrogens with zero attached hydrogens (tertiary/aromatic N) is 1. The van der Waals surface area contributed by atoms with Crippen molar-refractivity contribution in [2.45, 2.75) is 12.6 Å². The molecule has 0 saturated carbocycles. The Hall–Kier alpha value is -1.27. The molecule has 1 aromatic carbocycles. The summed E-state index contributed by atoms with van der Waals surface area (Å²) in [4.78, 5) is 12.8. The molecular formula is C12H11ClF3NO2. The molecule has 2 rings (SSSR count). The van der Waals surface area contributed by atoms with Crippen LogP contribution in [0.5, 0.6) is 0 Å². The van der Waals surface area contributed by atoms with E-state index in [1.54, 1.807) is 0 Å². The van der Waals surface area contributed by atoms with E-state index in [0.29, 0.717) is 0 Å². The number of carbonyl (C=O) groups excluding carboxylic acids is 1. The number of hydrogen-bond acceptors (Lipinski definition) is 2. The molecule has 1 N–H and O–H groups in total. The lowest BCUT2D eigenvalue weighted by atomic mass is 10.1. The van der Waals surface area contributed by atoms with E-state index in [1.807, 2.05) is 0 Å². The fourth-order valence-electron chi connectivity index (χ4n) is 2.11. The Morgan fingerprint density at radius 2 is 2.11 bits per heavy atom. The lowest BCUT2D eigenvalue weighted by Crippen LogP contribution is -2.27. The van der Waals surface area contributed by atoms with Crippen molar-refractivity contribution in [3.05, 3.63) is 28.8 Å². The zero-order chi connectivity index (χ0) is 14.2. The van der Waals surface area contributed by atoms with Gasteiger partial charge in [0.25, 0.3) is 0 Å². The third-order valence-corrected chi connectivity index (χ3v) is 3.25. The van der Waals surface area contributed by atoms with Crippen molar-refractivity contribution in [2.24, 2.45) is 5.92 Å². The molecule has 104 valence electrons. The molecule has 1 unspecified atom stereocenters. The highest BCUT2D eigenvalue weighted by molar-refractivity contribution is 6.30. The SMILES string of the molecule is O=C1CC(CO)CN1c1ccc(Cl)cc1C(F)(F)F. The van der Waals surface area contributed by atoms with Crippen LogP contribution in [0, 0.1) is 5.92 Å². The first-order valence-electron chi connectivity index (χ1n) is 5.61. The van der Waals surface area contributed by atoms with Crippen LogP contribution < -0.4 is 4.90 Å². The number of benzene rings is 1. The molecule has 1 heterocycles. The number of rotatable bonds is 2. The van der Waals surface area contributed by atoms with Gasteiger partial charge in [0.2, 0.25) is 5.91 Å². The lowest BCUT2D eigenvalue weighted by Gasteiger charge is -2.21. The van der Waals surface area contributed by atoms with E-state index < -0.39 is 17.6 Å². The number of aliphatic hydroxyl groups excluding tert-OH is 1. The van der Waals surface area contributed by atoms with Crippen LogP contribution in [-0.4, -0.2) is 24.2 Å². The maximum atomic E-state index is 12.9. The first-order valence-corrected chi connectivity index (χ1v) is 5.98. The highest BCUT2D eigenvalue weighted by atomic mass is 35.5. The van der Waals surface area contributed by atoms with Gasteiger partial charge >= 0.3 is 6.18 Å². The molecule has 1 aliphatic rings. The Labute approximate surface area is 112 Å². The molecule has 7 heteroatoms. The number of amides is 1. The Kier molecular flexibility index (Phi) is 3.73. The second-order valence-corrected chi connectivity index (χ2v) is 4.85. The highest BCUT2D eigenvalue weighted by Gasteiger charge is 2.39. The maximum absolute atomic E-state index is 12.9. The number of aliphatic hydroxyl groups is 1. The molecule has 1 amide bonds. The van der Waals surface area contributed by atoms with E-state index in [2.05, 4.69) is 0 Å². The van der Waals surface area contributed by atoms with Crippen LogP contribution in [0.3, 0.4) is 0 Å². The van der Waals surface area contributed by atoms with Crippen LogP contribution in [0.25, 0.3) is 0 Å². The van der Waals surface area contributed by atoms with Gasteiger partial charge in [-0.05, 0) is 18.2 Å². The number of alkyl halides is 3. The van der Waals surface area contributed by atoms with Crippen LogP contribution in [0.1, 0.15) is 12.0 Å². The molecule has 1 aromatic rings. The molecule has 0 radical (unpaired) electrons. The summed E-state index contributed by atoms with van der Waals surface area (Å²) in [5.41, 5.74) is -1.15. The Bertz CT molecular complexity index is 504. The standard InChI is InChI=1S/C12H11ClF3NO2/c13-8-1-2-10(9(4-8)12(14,15)16)17-5-7(6-18)3-11(17)19/h1-2,4,7,18H,3,5-6H2. The van der Waals surface area contributed by atoms with E-state index in [1.165, 1.54) is 12.1 Å². The van der Waals surface area contributed by atoms with Crippen LogP contribution in [0.15, 0.2) is 18.2 Å². The van der Waals surface area contributed by atoms with Gasteiger partial charge in [-0.15, -0.1) is 0 Å². The summed E-state index contributed by atoms with van der Waals surface area (Å²) >= 11 is 5.58. The zero-order valence-electron chi connectivity index (χ0n) is 9.75. The van der Waals surface area contributed by atoms with Gasteiger partial charge in [-0.3, -0.25) is 4.79 Å². The summed E-state index contributed by atoms with van der Waals surface area (Å²) in [7, 11) is 0. The number of hydrogen-bond donors (Lipinski definition) is 1. The molecule has 1 atom stereocenters. The summed E-state index contributed by atoms with van der Waals surface area (Å²) in [6.45, 7) is -0.142. The van der Waals surface area contributed by atoms with Gasteiger partial charge in [0, 0.05) is 30.5 Å². The van der Waals surface area contributed by atoms with E-state index in [4.69, 9.17) is 16.7 Å². The van der Waals surface area contributed by atoms with Gasteiger partial charge in [-0.1, -0.05) is 11.6 Å². The third-order valence-electron chi connectivity index (χ3n) is 3.02. The molecule has 1 aliphatic heterocycles. The van der Waals surface area contributed by atoms with Crippen molar-refractivity contribution in [2.75, 3.05) is 18.1 Å². The molecule has 19 heavy (non-hydrogen) atoms. The molecule has 1 saturated heterocycles. The summed E-state index contributed by atoms with van der Waals surface area (Å²) in [6.07, 6.45) is -4.53. The van der Waals surface area contributed by atoms with Crippen molar-refractivity contribution in [1.82, 2.24) is 0 Å². The first-order chi connectivity index (χ1) is 8.82. The second kappa shape index (κ2) is 5.02. The van der Waals surface area contributed by atoms with Crippen LogP contribution in [0.4, 0.5) is 18.9 Å². The number of halogens is 4. The fourth-order valence-corrected chi connectivity index (χ4v) is 2.28. The summed E-state index contributed by atoms with van der Waals surface area (Å²) in [5, 5.41) is 8.96. The van der Waals surface area contributed by atoms with Gasteiger partial charge in [0.05, 0.1) is 11.3 Å². The average molecular weight is 294 g/mol. The molecule has 0 aromatic heterocycles. The van der Waals surface area contributed by atoms with Crippen molar-refractivity contribution >= 4 is 23.2 Å². The van der Waals surface area contributed by atoms with Crippen molar-refractivity contribution in [3.63, 3.8) is 0 Å².